The highest BCUT2D eigenvalue weighted by Crippen LogP contribution is 2.33. The number of hydrogen-bond donors (Lipinski definition) is 3. The second-order valence-electron chi connectivity index (χ2n) is 6.63. The zero-order valence-electron chi connectivity index (χ0n) is 15.4. The molecule has 0 spiro atoms. The van der Waals surface area contributed by atoms with Crippen LogP contribution in [-0.4, -0.2) is 24.8 Å². The summed E-state index contributed by atoms with van der Waals surface area (Å²) in [5.41, 5.74) is 10.00. The van der Waals surface area contributed by atoms with Crippen LogP contribution in [0, 0.1) is 11.3 Å². The molecule has 3 aliphatic rings. The number of nitrogens with one attached hydrogen (secondary N) is 2. The Balaban J connectivity index is 1.49. The lowest BCUT2D eigenvalue weighted by atomic mass is 9.92. The molecule has 0 radical (unpaired) electrons. The van der Waals surface area contributed by atoms with E-state index in [0.29, 0.717) is 12.2 Å². The summed E-state index contributed by atoms with van der Waals surface area (Å²) in [4.78, 5) is 8.44. The molecule has 4 rings (SSSR count). The van der Waals surface area contributed by atoms with Gasteiger partial charge in [0.1, 0.15) is 17.2 Å². The summed E-state index contributed by atoms with van der Waals surface area (Å²) in [6.07, 6.45) is 11.8. The molecule has 0 bridgehead atoms. The van der Waals surface area contributed by atoms with E-state index in [4.69, 9.17) is 15.9 Å². The molecule has 1 aromatic carbocycles. The highest BCUT2D eigenvalue weighted by Gasteiger charge is 2.28. The summed E-state index contributed by atoms with van der Waals surface area (Å²) in [5.74, 6) is 1.56. The molecular formula is C22H21N5O. The molecule has 2 aliphatic heterocycles. The molecule has 2 heterocycles. The van der Waals surface area contributed by atoms with Crippen LogP contribution in [0.4, 0.5) is 0 Å². The number of nitrogens with zero attached hydrogens (tertiary/aromatic N) is 2. The lowest BCUT2D eigenvalue weighted by Crippen LogP contribution is -2.22. The summed E-state index contributed by atoms with van der Waals surface area (Å²) in [6.45, 7) is 4.83. The monoisotopic (exact) mass is 371 g/mol. The first-order valence-electron chi connectivity index (χ1n) is 9.05. The molecular weight excluding hydrogens is 350 g/mol. The van der Waals surface area contributed by atoms with Gasteiger partial charge in [-0.15, -0.1) is 0 Å². The average molecular weight is 371 g/mol. The van der Waals surface area contributed by atoms with Gasteiger partial charge in [-0.1, -0.05) is 24.8 Å². The summed E-state index contributed by atoms with van der Waals surface area (Å²) in [6, 6.07) is 7.79. The topological polar surface area (TPSA) is 95.8 Å². The van der Waals surface area contributed by atoms with Gasteiger partial charge in [-0.2, -0.15) is 0 Å². The first-order chi connectivity index (χ1) is 13.6. The van der Waals surface area contributed by atoms with Crippen molar-refractivity contribution in [3.05, 3.63) is 83.6 Å². The number of aliphatic imine (C=N–C) groups is 2. The molecule has 0 saturated carbocycles. The van der Waals surface area contributed by atoms with Crippen LogP contribution in [0.25, 0.3) is 5.57 Å². The lowest BCUT2D eigenvalue weighted by molar-refractivity contribution is 0.444. The Labute approximate surface area is 163 Å². The van der Waals surface area contributed by atoms with Crippen LogP contribution < -0.4 is 15.8 Å². The van der Waals surface area contributed by atoms with Gasteiger partial charge < -0.3 is 15.8 Å². The normalized spacial score (nSPS) is 20.7. The first-order valence-corrected chi connectivity index (χ1v) is 9.05. The number of hydrogen-bond acceptors (Lipinski definition) is 5. The van der Waals surface area contributed by atoms with Crippen molar-refractivity contribution < 1.29 is 4.74 Å². The van der Waals surface area contributed by atoms with Crippen LogP contribution in [0.5, 0.6) is 5.75 Å². The van der Waals surface area contributed by atoms with Gasteiger partial charge >= 0.3 is 0 Å². The fraction of sp³-hybridized carbons (Fsp3) is 0.136. The quantitative estimate of drug-likeness (QED) is 0.757. The van der Waals surface area contributed by atoms with E-state index in [9.17, 15) is 0 Å². The third-order valence-corrected chi connectivity index (χ3v) is 4.68. The molecule has 0 saturated heterocycles. The summed E-state index contributed by atoms with van der Waals surface area (Å²) in [7, 11) is 0. The van der Waals surface area contributed by atoms with E-state index in [1.165, 1.54) is 0 Å². The van der Waals surface area contributed by atoms with Gasteiger partial charge in [0, 0.05) is 24.5 Å². The summed E-state index contributed by atoms with van der Waals surface area (Å²) >= 11 is 0. The molecule has 0 aromatic heterocycles. The number of allylic oxidation sites excluding steroid dienone is 5. The Kier molecular flexibility index (Phi) is 4.76. The van der Waals surface area contributed by atoms with Crippen molar-refractivity contribution in [1.29, 1.82) is 5.41 Å². The average Bonchev–Trinajstić information content (AvgIpc) is 2.90. The van der Waals surface area contributed by atoms with Crippen molar-refractivity contribution in [2.24, 2.45) is 21.6 Å². The van der Waals surface area contributed by atoms with Crippen molar-refractivity contribution in [2.75, 3.05) is 6.54 Å². The van der Waals surface area contributed by atoms with Crippen LogP contribution >= 0.6 is 0 Å². The molecule has 0 amide bonds. The first kappa shape index (κ1) is 17.7. The SMILES string of the molecule is C=C(c1ccc(OC2=CC=C(N)CC=C2)cc1)C1C=NC2=C1NCC=NC2=N. The Hall–Kier alpha value is -3.67. The van der Waals surface area contributed by atoms with Crippen LogP contribution in [0.2, 0.25) is 0 Å². The highest BCUT2D eigenvalue weighted by atomic mass is 16.5. The van der Waals surface area contributed by atoms with Gasteiger partial charge in [0.25, 0.3) is 0 Å². The van der Waals surface area contributed by atoms with Crippen molar-refractivity contribution in [2.45, 2.75) is 6.42 Å². The maximum atomic E-state index is 7.99. The summed E-state index contributed by atoms with van der Waals surface area (Å²) in [5, 5.41) is 11.3. The van der Waals surface area contributed by atoms with E-state index in [1.807, 2.05) is 54.8 Å². The Morgan fingerprint density at radius 3 is 2.86 bits per heavy atom. The van der Waals surface area contributed by atoms with E-state index in [0.717, 1.165) is 40.5 Å². The highest BCUT2D eigenvalue weighted by molar-refractivity contribution is 6.06. The Morgan fingerprint density at radius 2 is 2.04 bits per heavy atom. The molecule has 6 nitrogen and oxygen atoms in total. The number of benzene rings is 1. The molecule has 1 unspecified atom stereocenters. The predicted octanol–water partition coefficient (Wildman–Crippen LogP) is 3.33. The van der Waals surface area contributed by atoms with Gasteiger partial charge in [-0.3, -0.25) is 10.4 Å². The van der Waals surface area contributed by atoms with Gasteiger partial charge in [-0.25, -0.2) is 4.99 Å². The van der Waals surface area contributed by atoms with Gasteiger partial charge in [0.2, 0.25) is 0 Å². The van der Waals surface area contributed by atoms with Crippen LogP contribution in [0.3, 0.4) is 0 Å². The zero-order chi connectivity index (χ0) is 19.5. The van der Waals surface area contributed by atoms with E-state index in [2.05, 4.69) is 21.9 Å². The molecule has 28 heavy (non-hydrogen) atoms. The number of ether oxygens (including phenoxy) is 1. The maximum Gasteiger partial charge on any atom is 0.172 e. The molecule has 6 heteroatoms. The van der Waals surface area contributed by atoms with Crippen molar-refractivity contribution in [3.63, 3.8) is 0 Å². The van der Waals surface area contributed by atoms with Crippen molar-refractivity contribution in [1.82, 2.24) is 5.32 Å². The molecule has 140 valence electrons. The fourth-order valence-corrected chi connectivity index (χ4v) is 3.19. The second kappa shape index (κ2) is 7.52. The third kappa shape index (κ3) is 3.57. The molecule has 1 aliphatic carbocycles. The van der Waals surface area contributed by atoms with E-state index in [1.54, 1.807) is 6.21 Å². The molecule has 1 aromatic rings. The van der Waals surface area contributed by atoms with Crippen molar-refractivity contribution in [3.8, 4) is 5.75 Å². The standard InChI is InChI=1S/C22H21N5O/c1-14(19-13-27-21-20(19)25-11-12-26-22(21)24)15-5-8-18(9-6-15)28-17-4-2-3-16(23)7-10-17/h2,4-10,12-13,19,24-25H,1,3,11,23H2. The van der Waals surface area contributed by atoms with E-state index >= 15 is 0 Å². The predicted molar refractivity (Wildman–Crippen MR) is 113 cm³/mol. The van der Waals surface area contributed by atoms with E-state index in [-0.39, 0.29) is 11.8 Å². The minimum atomic E-state index is -0.0931. The Bertz CT molecular complexity index is 1010. The van der Waals surface area contributed by atoms with Crippen LogP contribution in [-0.2, 0) is 0 Å². The van der Waals surface area contributed by atoms with E-state index < -0.39 is 0 Å². The molecule has 0 fully saturated rings. The van der Waals surface area contributed by atoms with Crippen LogP contribution in [0.1, 0.15) is 12.0 Å². The Morgan fingerprint density at radius 1 is 1.21 bits per heavy atom. The number of rotatable bonds is 4. The molecule has 4 N–H and O–H groups in total. The maximum absolute atomic E-state index is 7.99. The fourth-order valence-electron chi connectivity index (χ4n) is 3.19. The van der Waals surface area contributed by atoms with Gasteiger partial charge in [0.05, 0.1) is 18.2 Å². The van der Waals surface area contributed by atoms with Crippen molar-refractivity contribution >= 4 is 23.8 Å². The number of amidine groups is 1. The lowest BCUT2D eigenvalue weighted by Gasteiger charge is -2.17. The minimum absolute atomic E-state index is 0.0931. The number of nitrogens with two attached hydrogens (primary N) is 1. The largest absolute Gasteiger partial charge is 0.457 e. The summed E-state index contributed by atoms with van der Waals surface area (Å²) < 4.78 is 5.91. The minimum Gasteiger partial charge on any atom is -0.457 e. The van der Waals surface area contributed by atoms with Gasteiger partial charge in [-0.05, 0) is 41.5 Å². The van der Waals surface area contributed by atoms with Crippen LogP contribution in [0.15, 0.2) is 88.0 Å². The van der Waals surface area contributed by atoms with Gasteiger partial charge in [0.15, 0.2) is 5.84 Å². The smallest absolute Gasteiger partial charge is 0.172 e. The third-order valence-electron chi connectivity index (χ3n) is 4.68. The zero-order valence-corrected chi connectivity index (χ0v) is 15.4. The second-order valence-corrected chi connectivity index (χ2v) is 6.63. The molecule has 1 atom stereocenters.